The van der Waals surface area contributed by atoms with Gasteiger partial charge in [0.2, 0.25) is 12.5 Å². The summed E-state index contributed by atoms with van der Waals surface area (Å²) in [5.41, 5.74) is 2.14. The van der Waals surface area contributed by atoms with Gasteiger partial charge in [0.05, 0.1) is 37.7 Å². The molecule has 3 aliphatic rings. The van der Waals surface area contributed by atoms with Crippen LogP contribution in [0.5, 0.6) is 28.7 Å². The summed E-state index contributed by atoms with van der Waals surface area (Å²) in [5, 5.41) is 24.6. The molecule has 1 saturated heterocycles. The van der Waals surface area contributed by atoms with E-state index in [1.165, 1.54) is 38.5 Å². The van der Waals surface area contributed by atoms with Crippen molar-refractivity contribution >= 4 is 17.6 Å². The average molecular weight is 549 g/mol. The standard InChI is InChI=1S/C28H24N2O10/c1-36-21-7-14(8-22(37-2)26(21)31)23-16-9-19-20(40-12-39-19)10-17(16)25(18-11-38-28(33)24(18)23)29-27(32)13-3-5-15(6-4-13)30(34)35/h3-10,18,23-25,31H,11-12H2,1-2H3,(H,29,32)/t18-,23+,24-,25+/m0/s1. The summed E-state index contributed by atoms with van der Waals surface area (Å²) in [4.78, 5) is 37.1. The molecule has 4 atom stereocenters. The number of non-ortho nitro benzene ring substituents is 1. The van der Waals surface area contributed by atoms with Gasteiger partial charge in [-0.05, 0) is 53.1 Å². The van der Waals surface area contributed by atoms with Crippen LogP contribution in [0.2, 0.25) is 0 Å². The number of carbonyl (C=O) groups is 2. The van der Waals surface area contributed by atoms with Crippen molar-refractivity contribution in [2.45, 2.75) is 12.0 Å². The number of amides is 1. The Bertz CT molecular complexity index is 1510. The molecule has 12 heteroatoms. The van der Waals surface area contributed by atoms with Crippen LogP contribution in [-0.4, -0.2) is 49.5 Å². The molecular weight excluding hydrogens is 524 g/mol. The van der Waals surface area contributed by atoms with E-state index in [1.807, 2.05) is 0 Å². The molecule has 12 nitrogen and oxygen atoms in total. The quantitative estimate of drug-likeness (QED) is 0.266. The molecule has 1 amide bonds. The van der Waals surface area contributed by atoms with E-state index >= 15 is 0 Å². The van der Waals surface area contributed by atoms with E-state index in [2.05, 4.69) is 5.32 Å². The van der Waals surface area contributed by atoms with Crippen LogP contribution in [0.15, 0.2) is 48.5 Å². The van der Waals surface area contributed by atoms with E-state index < -0.39 is 40.6 Å². The van der Waals surface area contributed by atoms with E-state index in [1.54, 1.807) is 24.3 Å². The molecule has 206 valence electrons. The van der Waals surface area contributed by atoms with Crippen LogP contribution in [0, 0.1) is 22.0 Å². The van der Waals surface area contributed by atoms with Crippen LogP contribution >= 0.6 is 0 Å². The van der Waals surface area contributed by atoms with Gasteiger partial charge in [-0.25, -0.2) is 0 Å². The molecule has 40 heavy (non-hydrogen) atoms. The van der Waals surface area contributed by atoms with Gasteiger partial charge in [-0.2, -0.15) is 0 Å². The third-order valence-corrected chi connectivity index (χ3v) is 7.68. The van der Waals surface area contributed by atoms with E-state index in [4.69, 9.17) is 23.7 Å². The summed E-state index contributed by atoms with van der Waals surface area (Å²) in [6, 6.07) is 11.5. The van der Waals surface area contributed by atoms with Crippen LogP contribution in [0.25, 0.3) is 0 Å². The lowest BCUT2D eigenvalue weighted by Crippen LogP contribution is -2.42. The third kappa shape index (κ3) is 3.99. The number of nitrogens with zero attached hydrogens (tertiary/aromatic N) is 1. The van der Waals surface area contributed by atoms with Crippen LogP contribution < -0.4 is 24.3 Å². The fourth-order valence-corrected chi connectivity index (χ4v) is 5.80. The number of aromatic hydroxyl groups is 1. The highest BCUT2D eigenvalue weighted by Gasteiger charge is 2.53. The largest absolute Gasteiger partial charge is 0.502 e. The Morgan fingerprint density at radius 1 is 1.00 bits per heavy atom. The second-order valence-electron chi connectivity index (χ2n) is 9.66. The molecule has 0 aromatic heterocycles. The van der Waals surface area contributed by atoms with Crippen LogP contribution in [0.1, 0.15) is 39.0 Å². The summed E-state index contributed by atoms with van der Waals surface area (Å²) in [6.07, 6.45) is 0. The van der Waals surface area contributed by atoms with Crippen molar-refractivity contribution in [3.8, 4) is 28.7 Å². The monoisotopic (exact) mass is 548 g/mol. The first-order valence-corrected chi connectivity index (χ1v) is 12.4. The highest BCUT2D eigenvalue weighted by atomic mass is 16.7. The van der Waals surface area contributed by atoms with Crippen LogP contribution in [0.3, 0.4) is 0 Å². The minimum Gasteiger partial charge on any atom is -0.502 e. The number of fused-ring (bicyclic) bond motifs is 3. The maximum Gasteiger partial charge on any atom is 0.310 e. The molecule has 1 fully saturated rings. The Labute approximate surface area is 227 Å². The predicted molar refractivity (Wildman–Crippen MR) is 137 cm³/mol. The zero-order valence-corrected chi connectivity index (χ0v) is 21.4. The molecule has 2 N–H and O–H groups in total. The molecule has 1 aliphatic carbocycles. The van der Waals surface area contributed by atoms with Gasteiger partial charge >= 0.3 is 5.97 Å². The lowest BCUT2D eigenvalue weighted by atomic mass is 9.65. The van der Waals surface area contributed by atoms with E-state index in [9.17, 15) is 24.8 Å². The highest BCUT2D eigenvalue weighted by molar-refractivity contribution is 5.95. The lowest BCUT2D eigenvalue weighted by Gasteiger charge is -2.39. The van der Waals surface area contributed by atoms with E-state index in [0.29, 0.717) is 28.2 Å². The minimum absolute atomic E-state index is 0.0263. The number of nitrogens with one attached hydrogen (secondary N) is 1. The van der Waals surface area contributed by atoms with Gasteiger partial charge in [-0.15, -0.1) is 0 Å². The first kappa shape index (κ1) is 25.3. The fourth-order valence-electron chi connectivity index (χ4n) is 5.80. The van der Waals surface area contributed by atoms with Gasteiger partial charge in [0, 0.05) is 29.5 Å². The molecule has 3 aromatic rings. The van der Waals surface area contributed by atoms with Gasteiger partial charge in [-0.3, -0.25) is 19.7 Å². The zero-order valence-electron chi connectivity index (χ0n) is 21.4. The van der Waals surface area contributed by atoms with E-state index in [0.717, 1.165) is 0 Å². The SMILES string of the molecule is COc1cc([C@@H]2c3cc4c(cc3[C@@H](NC(=O)c3ccc([N+](=O)[O-])cc3)[C@H]3COC(=O)[C@H]23)OCO4)cc(OC)c1O. The number of phenolic OH excluding ortho intramolecular Hbond substituents is 1. The average Bonchev–Trinajstić information content (AvgIpc) is 3.58. The Balaban J connectivity index is 1.48. The Hall–Kier alpha value is -5.00. The van der Waals surface area contributed by atoms with Gasteiger partial charge in [0.25, 0.3) is 11.6 Å². The number of benzene rings is 3. The maximum absolute atomic E-state index is 13.3. The van der Waals surface area contributed by atoms with Gasteiger partial charge in [0.15, 0.2) is 23.0 Å². The number of cyclic esters (lactones) is 1. The molecule has 2 aliphatic heterocycles. The van der Waals surface area contributed by atoms with Crippen LogP contribution in [-0.2, 0) is 9.53 Å². The summed E-state index contributed by atoms with van der Waals surface area (Å²) >= 11 is 0. The number of ether oxygens (including phenoxy) is 5. The fraction of sp³-hybridized carbons (Fsp3) is 0.286. The number of rotatable bonds is 6. The van der Waals surface area contributed by atoms with Gasteiger partial charge in [-0.1, -0.05) is 0 Å². The molecule has 0 spiro atoms. The molecular formula is C28H24N2O10. The molecule has 0 unspecified atom stereocenters. The molecule has 0 bridgehead atoms. The van der Waals surface area contributed by atoms with Crippen LogP contribution in [0.4, 0.5) is 5.69 Å². The third-order valence-electron chi connectivity index (χ3n) is 7.68. The Kier molecular flexibility index (Phi) is 6.09. The highest BCUT2D eigenvalue weighted by Crippen LogP contribution is 2.55. The second-order valence-corrected chi connectivity index (χ2v) is 9.66. The van der Waals surface area contributed by atoms with Crippen molar-refractivity contribution in [2.24, 2.45) is 11.8 Å². The normalized spacial score (nSPS) is 22.1. The molecule has 2 heterocycles. The summed E-state index contributed by atoms with van der Waals surface area (Å²) in [7, 11) is 2.84. The second kappa shape index (κ2) is 9.63. The lowest BCUT2D eigenvalue weighted by molar-refractivity contribution is -0.384. The number of esters is 1. The maximum atomic E-state index is 13.3. The molecule has 6 rings (SSSR count). The van der Waals surface area contributed by atoms with Crippen molar-refractivity contribution < 1.29 is 43.3 Å². The number of nitro benzene ring substituents is 1. The van der Waals surface area contributed by atoms with Crippen molar-refractivity contribution in [1.29, 1.82) is 0 Å². The summed E-state index contributed by atoms with van der Waals surface area (Å²) in [6.45, 7) is 0.0872. The number of carbonyl (C=O) groups excluding carboxylic acids is 2. The van der Waals surface area contributed by atoms with Crippen molar-refractivity contribution in [1.82, 2.24) is 5.32 Å². The van der Waals surface area contributed by atoms with E-state index in [-0.39, 0.29) is 41.9 Å². The predicted octanol–water partition coefficient (Wildman–Crippen LogP) is 3.45. The zero-order chi connectivity index (χ0) is 28.1. The smallest absolute Gasteiger partial charge is 0.310 e. The first-order valence-electron chi connectivity index (χ1n) is 12.4. The van der Waals surface area contributed by atoms with Gasteiger partial charge in [0.1, 0.15) is 0 Å². The summed E-state index contributed by atoms with van der Waals surface area (Å²) in [5.74, 6) is -1.45. The minimum atomic E-state index is -0.700. The molecule has 0 saturated carbocycles. The van der Waals surface area contributed by atoms with Crippen molar-refractivity contribution in [2.75, 3.05) is 27.6 Å². The number of nitro groups is 1. The summed E-state index contributed by atoms with van der Waals surface area (Å²) < 4.78 is 27.6. The number of methoxy groups -OCH3 is 2. The number of hydrogen-bond acceptors (Lipinski definition) is 10. The van der Waals surface area contributed by atoms with Crippen molar-refractivity contribution in [3.05, 3.63) is 80.9 Å². The van der Waals surface area contributed by atoms with Crippen molar-refractivity contribution in [3.63, 3.8) is 0 Å². The molecule has 0 radical (unpaired) electrons. The number of hydrogen-bond donors (Lipinski definition) is 2. The topological polar surface area (TPSA) is 156 Å². The first-order chi connectivity index (χ1) is 19.3. The molecule has 3 aromatic carbocycles. The Morgan fingerprint density at radius 3 is 2.23 bits per heavy atom. The Morgan fingerprint density at radius 2 is 1.62 bits per heavy atom. The van der Waals surface area contributed by atoms with Gasteiger partial charge < -0.3 is 34.1 Å². The number of phenols is 1.